The van der Waals surface area contributed by atoms with Gasteiger partial charge in [-0.15, -0.1) is 0 Å². The fourth-order valence-corrected chi connectivity index (χ4v) is 6.07. The summed E-state index contributed by atoms with van der Waals surface area (Å²) in [6.45, 7) is 4.18. The molecule has 0 aliphatic rings. The number of hydrogen-bond donors (Lipinski definition) is 0. The molecule has 0 aromatic rings. The molecular formula is C39H76NO8P. The van der Waals surface area contributed by atoms with Gasteiger partial charge in [-0.1, -0.05) is 142 Å². The number of carbonyl (C=O) groups excluding carboxylic acids is 2. The Morgan fingerprint density at radius 1 is 0.612 bits per heavy atom. The average Bonchev–Trinajstić information content (AvgIpc) is 3.04. The number of carbonyl (C=O) groups is 2. The molecule has 0 N–H and O–H groups in total. The third kappa shape index (κ3) is 36.3. The predicted octanol–water partition coefficient (Wildman–Crippen LogP) is 10.00. The van der Waals surface area contributed by atoms with E-state index >= 15 is 0 Å². The molecule has 290 valence electrons. The summed E-state index contributed by atoms with van der Waals surface area (Å²) in [5, 5.41) is 0. The Morgan fingerprint density at radius 2 is 1.06 bits per heavy atom. The van der Waals surface area contributed by atoms with Crippen molar-refractivity contribution in [2.45, 2.75) is 180 Å². The first-order valence-corrected chi connectivity index (χ1v) is 21.4. The van der Waals surface area contributed by atoms with Gasteiger partial charge in [-0.25, -0.2) is 0 Å². The number of nitrogens with zero attached hydrogens (tertiary/aromatic N) is 1. The van der Waals surface area contributed by atoms with Gasteiger partial charge in [-0.3, -0.25) is 14.2 Å². The van der Waals surface area contributed by atoms with Gasteiger partial charge in [0.1, 0.15) is 19.8 Å². The van der Waals surface area contributed by atoms with Crippen LogP contribution in [0.25, 0.3) is 0 Å². The van der Waals surface area contributed by atoms with Crippen molar-refractivity contribution in [2.24, 2.45) is 0 Å². The van der Waals surface area contributed by atoms with Crippen molar-refractivity contribution in [1.29, 1.82) is 0 Å². The second kappa shape index (κ2) is 32.6. The Kier molecular flexibility index (Phi) is 31.8. The van der Waals surface area contributed by atoms with Gasteiger partial charge >= 0.3 is 11.9 Å². The van der Waals surface area contributed by atoms with Crippen molar-refractivity contribution in [3.63, 3.8) is 0 Å². The maximum absolute atomic E-state index is 12.6. The standard InChI is InChI=1S/C39H76NO8P/c1-6-8-10-12-14-16-18-19-20-21-22-24-25-27-29-31-38(41)45-35-37(36-47-49(43,44)46-34-33-40(3,4)5)48-39(42)32-30-28-26-23-17-15-13-11-9-7-2/h12,14,37H,6-11,13,15-36H2,1-5H3/b14-12+/t37-/m0/s1. The quantitative estimate of drug-likeness (QED) is 0.0207. The number of hydrogen-bond acceptors (Lipinski definition) is 8. The fourth-order valence-electron chi connectivity index (χ4n) is 5.34. The summed E-state index contributed by atoms with van der Waals surface area (Å²) in [6, 6.07) is 0. The Morgan fingerprint density at radius 3 is 1.57 bits per heavy atom. The third-order valence-electron chi connectivity index (χ3n) is 8.54. The smallest absolute Gasteiger partial charge is 0.306 e. The molecule has 0 fully saturated rings. The second-order valence-electron chi connectivity index (χ2n) is 14.7. The number of unbranched alkanes of at least 4 members (excludes halogenated alkanes) is 20. The molecule has 0 aromatic carbocycles. The summed E-state index contributed by atoms with van der Waals surface area (Å²) >= 11 is 0. The lowest BCUT2D eigenvalue weighted by Gasteiger charge is -2.28. The van der Waals surface area contributed by atoms with Gasteiger partial charge in [0.2, 0.25) is 0 Å². The maximum Gasteiger partial charge on any atom is 0.306 e. The van der Waals surface area contributed by atoms with E-state index < -0.39 is 26.5 Å². The molecule has 0 saturated heterocycles. The van der Waals surface area contributed by atoms with Gasteiger partial charge in [0.15, 0.2) is 6.10 Å². The van der Waals surface area contributed by atoms with Crippen LogP contribution in [0.3, 0.4) is 0 Å². The van der Waals surface area contributed by atoms with E-state index in [1.807, 2.05) is 21.1 Å². The third-order valence-corrected chi connectivity index (χ3v) is 9.50. The van der Waals surface area contributed by atoms with Crippen molar-refractivity contribution in [2.75, 3.05) is 47.5 Å². The van der Waals surface area contributed by atoms with E-state index in [1.54, 1.807) is 0 Å². The van der Waals surface area contributed by atoms with Gasteiger partial charge in [-0.2, -0.15) is 0 Å². The number of quaternary nitrogens is 1. The Labute approximate surface area is 301 Å². The number of ether oxygens (including phenoxy) is 2. The zero-order valence-electron chi connectivity index (χ0n) is 32.4. The highest BCUT2D eigenvalue weighted by Crippen LogP contribution is 2.38. The van der Waals surface area contributed by atoms with E-state index in [1.165, 1.54) is 103 Å². The molecule has 9 nitrogen and oxygen atoms in total. The van der Waals surface area contributed by atoms with Gasteiger partial charge in [0, 0.05) is 12.8 Å². The van der Waals surface area contributed by atoms with Crippen molar-refractivity contribution in [3.8, 4) is 0 Å². The van der Waals surface area contributed by atoms with Crippen LogP contribution >= 0.6 is 7.82 Å². The van der Waals surface area contributed by atoms with E-state index in [-0.39, 0.29) is 32.0 Å². The first-order chi connectivity index (χ1) is 23.5. The summed E-state index contributed by atoms with van der Waals surface area (Å²) < 4.78 is 33.7. The first-order valence-electron chi connectivity index (χ1n) is 19.9. The lowest BCUT2D eigenvalue weighted by Crippen LogP contribution is -2.37. The number of allylic oxidation sites excluding steroid dienone is 2. The van der Waals surface area contributed by atoms with E-state index in [2.05, 4.69) is 26.0 Å². The highest BCUT2D eigenvalue weighted by Gasteiger charge is 2.21. The fraction of sp³-hybridized carbons (Fsp3) is 0.897. The Hall–Kier alpha value is -1.25. The van der Waals surface area contributed by atoms with E-state index in [0.717, 1.165) is 38.5 Å². The van der Waals surface area contributed by atoms with Crippen molar-refractivity contribution in [1.82, 2.24) is 0 Å². The van der Waals surface area contributed by atoms with Crippen LogP contribution in [0.15, 0.2) is 12.2 Å². The molecule has 10 heteroatoms. The minimum Gasteiger partial charge on any atom is -0.756 e. The van der Waals surface area contributed by atoms with Crippen LogP contribution in [0.4, 0.5) is 0 Å². The molecule has 1 unspecified atom stereocenters. The zero-order valence-corrected chi connectivity index (χ0v) is 33.3. The zero-order chi connectivity index (χ0) is 36.5. The minimum atomic E-state index is -4.61. The summed E-state index contributed by atoms with van der Waals surface area (Å²) in [5.41, 5.74) is 0. The van der Waals surface area contributed by atoms with Gasteiger partial charge in [-0.05, 0) is 32.1 Å². The highest BCUT2D eigenvalue weighted by atomic mass is 31.2. The van der Waals surface area contributed by atoms with Crippen LogP contribution in [0, 0.1) is 0 Å². The summed E-state index contributed by atoms with van der Waals surface area (Å²) in [6.07, 6.45) is 30.9. The van der Waals surface area contributed by atoms with Gasteiger partial charge < -0.3 is 27.9 Å². The number of phosphoric acid groups is 1. The Balaban J connectivity index is 4.36. The molecule has 0 aliphatic carbocycles. The molecule has 0 aromatic heterocycles. The number of likely N-dealkylation sites (N-methyl/N-ethyl adjacent to an activating group) is 1. The molecule has 0 rings (SSSR count). The Bertz CT molecular complexity index is 860. The highest BCUT2D eigenvalue weighted by molar-refractivity contribution is 7.45. The molecule has 2 atom stereocenters. The molecular weight excluding hydrogens is 641 g/mol. The maximum atomic E-state index is 12.6. The number of esters is 2. The van der Waals surface area contributed by atoms with Crippen molar-refractivity contribution < 1.29 is 42.1 Å². The van der Waals surface area contributed by atoms with Gasteiger partial charge in [0.05, 0.1) is 27.7 Å². The monoisotopic (exact) mass is 718 g/mol. The van der Waals surface area contributed by atoms with Crippen LogP contribution in [0.1, 0.15) is 174 Å². The van der Waals surface area contributed by atoms with Crippen LogP contribution in [0.5, 0.6) is 0 Å². The van der Waals surface area contributed by atoms with Crippen LogP contribution in [-0.4, -0.2) is 70.0 Å². The first kappa shape index (κ1) is 47.8. The van der Waals surface area contributed by atoms with Crippen LogP contribution in [0.2, 0.25) is 0 Å². The molecule has 0 saturated carbocycles. The van der Waals surface area contributed by atoms with Crippen LogP contribution in [-0.2, 0) is 32.7 Å². The molecule has 49 heavy (non-hydrogen) atoms. The lowest BCUT2D eigenvalue weighted by atomic mass is 10.1. The topological polar surface area (TPSA) is 111 Å². The molecule has 0 amide bonds. The molecule has 0 radical (unpaired) electrons. The molecule has 0 aliphatic heterocycles. The summed E-state index contributed by atoms with van der Waals surface area (Å²) in [4.78, 5) is 37.3. The molecule has 0 spiro atoms. The van der Waals surface area contributed by atoms with Crippen molar-refractivity contribution in [3.05, 3.63) is 12.2 Å². The summed E-state index contributed by atoms with van der Waals surface area (Å²) in [5.74, 6) is -0.834. The second-order valence-corrected chi connectivity index (χ2v) is 16.1. The lowest BCUT2D eigenvalue weighted by molar-refractivity contribution is -0.870. The summed E-state index contributed by atoms with van der Waals surface area (Å²) in [7, 11) is 1.17. The average molecular weight is 718 g/mol. The van der Waals surface area contributed by atoms with E-state index in [0.29, 0.717) is 17.4 Å². The van der Waals surface area contributed by atoms with E-state index in [9.17, 15) is 19.0 Å². The van der Waals surface area contributed by atoms with Gasteiger partial charge in [0.25, 0.3) is 7.82 Å². The minimum absolute atomic E-state index is 0.0282. The largest absolute Gasteiger partial charge is 0.756 e. The number of phosphoric ester groups is 1. The SMILES string of the molecule is CCCC/C=C/CCCCCCCCCCCC(=O)OC[C@@H](COP(=O)([O-])OCC[N+](C)(C)C)OC(=O)CCCCCCCCCCCC. The molecule has 0 heterocycles. The number of rotatable bonds is 36. The van der Waals surface area contributed by atoms with E-state index in [4.69, 9.17) is 18.5 Å². The normalized spacial score (nSPS) is 13.8. The molecule has 0 bridgehead atoms. The van der Waals surface area contributed by atoms with Crippen LogP contribution < -0.4 is 4.89 Å². The van der Waals surface area contributed by atoms with Crippen molar-refractivity contribution >= 4 is 19.8 Å². The predicted molar refractivity (Wildman–Crippen MR) is 199 cm³/mol.